The Hall–Kier alpha value is -3.28. The van der Waals surface area contributed by atoms with Crippen LogP contribution >= 0.6 is 0 Å². The minimum Gasteiger partial charge on any atom is -0.484 e. The van der Waals surface area contributed by atoms with E-state index >= 15 is 0 Å². The fourth-order valence-corrected chi connectivity index (χ4v) is 3.25. The molecule has 2 aromatic carbocycles. The van der Waals surface area contributed by atoms with E-state index in [2.05, 4.69) is 26.8 Å². The molecule has 0 aliphatic heterocycles. The Kier molecular flexibility index (Phi) is 6.22. The molecule has 0 unspecified atom stereocenters. The van der Waals surface area contributed by atoms with Crippen LogP contribution in [-0.4, -0.2) is 18.5 Å². The summed E-state index contributed by atoms with van der Waals surface area (Å²) in [6.45, 7) is 6.26. The molecule has 1 heterocycles. The predicted molar refractivity (Wildman–Crippen MR) is 110 cm³/mol. The summed E-state index contributed by atoms with van der Waals surface area (Å²) >= 11 is 0. The van der Waals surface area contributed by atoms with Gasteiger partial charge in [-0.2, -0.15) is 0 Å². The van der Waals surface area contributed by atoms with Crippen molar-refractivity contribution in [1.29, 1.82) is 0 Å². The molecule has 3 aromatic rings. The van der Waals surface area contributed by atoms with E-state index in [1.54, 1.807) is 24.5 Å². The summed E-state index contributed by atoms with van der Waals surface area (Å²) in [6.07, 6.45) is 1.75. The van der Waals surface area contributed by atoms with Crippen LogP contribution in [-0.2, 0) is 27.4 Å². The lowest BCUT2D eigenvalue weighted by Gasteiger charge is -2.10. The van der Waals surface area contributed by atoms with E-state index in [1.807, 2.05) is 12.1 Å². The van der Waals surface area contributed by atoms with Gasteiger partial charge in [-0.1, -0.05) is 26.0 Å². The number of furan rings is 1. The van der Waals surface area contributed by atoms with Crippen LogP contribution in [0.1, 0.15) is 42.0 Å². The van der Waals surface area contributed by atoms with Crippen molar-refractivity contribution in [2.45, 2.75) is 39.7 Å². The molecule has 3 rings (SSSR count). The summed E-state index contributed by atoms with van der Waals surface area (Å²) in [5.74, 6) is -0.0132. The van der Waals surface area contributed by atoms with Gasteiger partial charge >= 0.3 is 5.97 Å². The maximum Gasteiger partial charge on any atom is 0.310 e. The second kappa shape index (κ2) is 8.82. The van der Waals surface area contributed by atoms with Crippen molar-refractivity contribution in [1.82, 2.24) is 0 Å². The minimum absolute atomic E-state index is 0.110. The molecule has 1 aromatic heterocycles. The smallest absolute Gasteiger partial charge is 0.310 e. The number of hydrogen-bond donors (Lipinski definition) is 1. The topological polar surface area (TPSA) is 91.8 Å². The highest BCUT2D eigenvalue weighted by molar-refractivity contribution is 5.87. The van der Waals surface area contributed by atoms with Crippen molar-refractivity contribution in [3.8, 4) is 5.75 Å². The molecule has 0 saturated heterocycles. The molecular formula is C23H25NO5. The summed E-state index contributed by atoms with van der Waals surface area (Å²) in [6, 6.07) is 11.1. The van der Waals surface area contributed by atoms with Crippen molar-refractivity contribution in [3.05, 3.63) is 64.9 Å². The lowest BCUT2D eigenvalue weighted by atomic mass is 9.95. The predicted octanol–water partition coefficient (Wildman–Crippen LogP) is 4.01. The highest BCUT2D eigenvalue weighted by Crippen LogP contribution is 2.29. The molecule has 0 spiro atoms. The van der Waals surface area contributed by atoms with E-state index in [9.17, 15) is 9.59 Å². The number of primary amides is 1. The molecule has 0 radical (unpaired) electrons. The first-order valence-corrected chi connectivity index (χ1v) is 9.49. The number of hydrogen-bond acceptors (Lipinski definition) is 5. The SMILES string of the molecule is Cc1cc2occ(CC(=O)OCc3cccc(OCC(N)=O)c3)c2cc1C(C)C. The van der Waals surface area contributed by atoms with Crippen LogP contribution < -0.4 is 10.5 Å². The Bertz CT molecular complexity index is 1030. The maximum atomic E-state index is 12.4. The number of benzene rings is 2. The molecule has 0 bridgehead atoms. The van der Waals surface area contributed by atoms with Crippen molar-refractivity contribution >= 4 is 22.8 Å². The molecule has 0 saturated carbocycles. The molecule has 1 amide bonds. The minimum atomic E-state index is -0.551. The monoisotopic (exact) mass is 395 g/mol. The summed E-state index contributed by atoms with van der Waals surface area (Å²) < 4.78 is 16.3. The maximum absolute atomic E-state index is 12.4. The van der Waals surface area contributed by atoms with Gasteiger partial charge in [0.05, 0.1) is 12.7 Å². The van der Waals surface area contributed by atoms with E-state index in [-0.39, 0.29) is 25.6 Å². The lowest BCUT2D eigenvalue weighted by molar-refractivity contribution is -0.144. The molecule has 0 atom stereocenters. The Labute approximate surface area is 169 Å². The van der Waals surface area contributed by atoms with Crippen LogP contribution in [0, 0.1) is 6.92 Å². The quantitative estimate of drug-likeness (QED) is 0.582. The largest absolute Gasteiger partial charge is 0.484 e. The summed E-state index contributed by atoms with van der Waals surface area (Å²) in [7, 11) is 0. The van der Waals surface area contributed by atoms with E-state index < -0.39 is 5.91 Å². The van der Waals surface area contributed by atoms with Gasteiger partial charge in [-0.3, -0.25) is 9.59 Å². The number of nitrogens with two attached hydrogens (primary N) is 1. The zero-order valence-electron chi connectivity index (χ0n) is 16.9. The average molecular weight is 395 g/mol. The van der Waals surface area contributed by atoms with Crippen molar-refractivity contribution in [3.63, 3.8) is 0 Å². The number of ether oxygens (including phenoxy) is 2. The van der Waals surface area contributed by atoms with Gasteiger partial charge < -0.3 is 19.6 Å². The molecule has 0 aliphatic rings. The van der Waals surface area contributed by atoms with E-state index in [0.717, 1.165) is 22.1 Å². The zero-order chi connectivity index (χ0) is 21.0. The number of carbonyl (C=O) groups excluding carboxylic acids is 2. The van der Waals surface area contributed by atoms with Gasteiger partial charge in [-0.15, -0.1) is 0 Å². The Balaban J connectivity index is 1.65. The molecule has 2 N–H and O–H groups in total. The number of rotatable bonds is 8. The standard InChI is InChI=1S/C23H25NO5/c1-14(2)19-10-20-17(12-28-21(20)7-15(19)3)9-23(26)29-11-16-5-4-6-18(8-16)27-13-22(24)25/h4-8,10,12,14H,9,11,13H2,1-3H3,(H2,24,25). The van der Waals surface area contributed by atoms with Crippen LogP contribution in [0.4, 0.5) is 0 Å². The molecule has 6 nitrogen and oxygen atoms in total. The molecule has 29 heavy (non-hydrogen) atoms. The van der Waals surface area contributed by atoms with Crippen LogP contribution in [0.2, 0.25) is 0 Å². The van der Waals surface area contributed by atoms with Gasteiger partial charge in [0.2, 0.25) is 0 Å². The number of esters is 1. The lowest BCUT2D eigenvalue weighted by Crippen LogP contribution is -2.20. The third kappa shape index (κ3) is 5.16. The van der Waals surface area contributed by atoms with Crippen molar-refractivity contribution in [2.24, 2.45) is 5.73 Å². The summed E-state index contributed by atoms with van der Waals surface area (Å²) in [5.41, 5.74) is 9.83. The van der Waals surface area contributed by atoms with Gasteiger partial charge in [-0.05, 0) is 53.8 Å². The molecular weight excluding hydrogens is 370 g/mol. The van der Waals surface area contributed by atoms with Gasteiger partial charge in [0.1, 0.15) is 17.9 Å². The second-order valence-corrected chi connectivity index (χ2v) is 7.36. The molecule has 0 aliphatic carbocycles. The fraction of sp³-hybridized carbons (Fsp3) is 0.304. The van der Waals surface area contributed by atoms with E-state index in [0.29, 0.717) is 11.7 Å². The number of carbonyl (C=O) groups is 2. The second-order valence-electron chi connectivity index (χ2n) is 7.36. The first-order chi connectivity index (χ1) is 13.8. The highest BCUT2D eigenvalue weighted by atomic mass is 16.5. The third-order valence-corrected chi connectivity index (χ3v) is 4.68. The molecule has 6 heteroatoms. The number of aryl methyl sites for hydroxylation is 1. The van der Waals surface area contributed by atoms with Crippen molar-refractivity contribution < 1.29 is 23.5 Å². The van der Waals surface area contributed by atoms with Gasteiger partial charge in [0, 0.05) is 10.9 Å². The van der Waals surface area contributed by atoms with E-state index in [1.165, 1.54) is 11.1 Å². The molecule has 152 valence electrons. The molecule has 0 fully saturated rings. The van der Waals surface area contributed by atoms with Crippen LogP contribution in [0.5, 0.6) is 5.75 Å². The first-order valence-electron chi connectivity index (χ1n) is 9.49. The average Bonchev–Trinajstić information content (AvgIpc) is 3.05. The fourth-order valence-electron chi connectivity index (χ4n) is 3.25. The van der Waals surface area contributed by atoms with Gasteiger partial charge in [-0.25, -0.2) is 0 Å². The Morgan fingerprint density at radius 1 is 1.17 bits per heavy atom. The van der Waals surface area contributed by atoms with Crippen LogP contribution in [0.15, 0.2) is 47.1 Å². The third-order valence-electron chi connectivity index (χ3n) is 4.68. The van der Waals surface area contributed by atoms with E-state index in [4.69, 9.17) is 19.6 Å². The first kappa shape index (κ1) is 20.5. The Morgan fingerprint density at radius 3 is 2.69 bits per heavy atom. The van der Waals surface area contributed by atoms with Crippen LogP contribution in [0.3, 0.4) is 0 Å². The summed E-state index contributed by atoms with van der Waals surface area (Å²) in [5, 5.41) is 0.943. The number of fused-ring (bicyclic) bond motifs is 1. The number of amides is 1. The van der Waals surface area contributed by atoms with Crippen LogP contribution in [0.25, 0.3) is 11.0 Å². The normalized spacial score (nSPS) is 11.0. The van der Waals surface area contributed by atoms with Crippen molar-refractivity contribution in [2.75, 3.05) is 6.61 Å². The Morgan fingerprint density at radius 2 is 1.97 bits per heavy atom. The highest BCUT2D eigenvalue weighted by Gasteiger charge is 2.15. The summed E-state index contributed by atoms with van der Waals surface area (Å²) in [4.78, 5) is 23.2. The van der Waals surface area contributed by atoms with Gasteiger partial charge in [0.15, 0.2) is 6.61 Å². The van der Waals surface area contributed by atoms with Gasteiger partial charge in [0.25, 0.3) is 5.91 Å². The zero-order valence-corrected chi connectivity index (χ0v) is 16.9.